The van der Waals surface area contributed by atoms with Crippen LogP contribution in [0.2, 0.25) is 0 Å². The van der Waals surface area contributed by atoms with E-state index in [0.29, 0.717) is 6.42 Å². The van der Waals surface area contributed by atoms with Crippen LogP contribution in [0.5, 0.6) is 0 Å². The van der Waals surface area contributed by atoms with Crippen LogP contribution in [0.15, 0.2) is 54.7 Å². The van der Waals surface area contributed by atoms with E-state index in [1.165, 1.54) is 0 Å². The summed E-state index contributed by atoms with van der Waals surface area (Å²) in [5.74, 6) is -0.165. The average molecular weight is 372 g/mol. The van der Waals surface area contributed by atoms with Crippen LogP contribution in [0.3, 0.4) is 0 Å². The van der Waals surface area contributed by atoms with E-state index in [1.807, 2.05) is 54.7 Å². The Labute approximate surface area is 160 Å². The van der Waals surface area contributed by atoms with Crippen LogP contribution < -0.4 is 11.1 Å². The van der Waals surface area contributed by atoms with E-state index in [2.05, 4.69) is 31.1 Å². The first-order valence-corrected chi connectivity index (χ1v) is 8.57. The van der Waals surface area contributed by atoms with Crippen molar-refractivity contribution in [2.75, 3.05) is 5.32 Å². The van der Waals surface area contributed by atoms with Crippen molar-refractivity contribution in [3.8, 4) is 0 Å². The number of fused-ring (bicyclic) bond motifs is 1. The second kappa shape index (κ2) is 7.94. The Hall–Kier alpha value is -2.30. The lowest BCUT2D eigenvalue weighted by Crippen LogP contribution is -2.37. The maximum atomic E-state index is 12.6. The summed E-state index contributed by atoms with van der Waals surface area (Å²) in [5, 5.41) is 4.12. The molecule has 4 N–H and O–H groups in total. The SMILES string of the molecule is CC(C)(C)c1ccccc1NC(=O)[C@@H](N)Cc1c[nH]c2ccccc12.Cl. The topological polar surface area (TPSA) is 70.9 Å². The summed E-state index contributed by atoms with van der Waals surface area (Å²) in [6, 6.07) is 15.3. The van der Waals surface area contributed by atoms with Crippen molar-refractivity contribution in [1.29, 1.82) is 0 Å². The largest absolute Gasteiger partial charge is 0.361 e. The Kier molecular flexibility index (Phi) is 6.11. The zero-order valence-corrected chi connectivity index (χ0v) is 16.2. The lowest BCUT2D eigenvalue weighted by atomic mass is 9.86. The summed E-state index contributed by atoms with van der Waals surface area (Å²) in [5.41, 5.74) is 10.2. The van der Waals surface area contributed by atoms with Gasteiger partial charge in [-0.05, 0) is 35.1 Å². The van der Waals surface area contributed by atoms with Crippen LogP contribution in [-0.4, -0.2) is 16.9 Å². The average Bonchev–Trinajstić information content (AvgIpc) is 2.97. The summed E-state index contributed by atoms with van der Waals surface area (Å²) in [4.78, 5) is 15.8. The second-order valence-electron chi connectivity index (χ2n) is 7.45. The molecule has 0 bridgehead atoms. The normalized spacial score (nSPS) is 12.5. The molecule has 0 spiro atoms. The number of carbonyl (C=O) groups excluding carboxylic acids is 1. The molecule has 1 heterocycles. The highest BCUT2D eigenvalue weighted by Gasteiger charge is 2.21. The third kappa shape index (κ3) is 4.26. The minimum absolute atomic E-state index is 0. The molecule has 2 aromatic carbocycles. The smallest absolute Gasteiger partial charge is 0.241 e. The molecule has 26 heavy (non-hydrogen) atoms. The molecule has 0 fully saturated rings. The van der Waals surface area contributed by atoms with Crippen molar-refractivity contribution in [2.45, 2.75) is 38.6 Å². The number of nitrogens with one attached hydrogen (secondary N) is 2. The van der Waals surface area contributed by atoms with Crippen LogP contribution >= 0.6 is 12.4 Å². The molecule has 0 radical (unpaired) electrons. The Morgan fingerprint density at radius 3 is 2.50 bits per heavy atom. The number of carbonyl (C=O) groups is 1. The molecule has 138 valence electrons. The van der Waals surface area contributed by atoms with E-state index < -0.39 is 6.04 Å². The number of para-hydroxylation sites is 2. The Balaban J connectivity index is 0.00000243. The summed E-state index contributed by atoms with van der Waals surface area (Å²) in [6.07, 6.45) is 2.43. The van der Waals surface area contributed by atoms with Gasteiger partial charge < -0.3 is 16.0 Å². The van der Waals surface area contributed by atoms with Gasteiger partial charge in [-0.3, -0.25) is 4.79 Å². The molecule has 1 aromatic heterocycles. The summed E-state index contributed by atoms with van der Waals surface area (Å²) in [6.45, 7) is 6.39. The first-order valence-electron chi connectivity index (χ1n) is 8.57. The number of amides is 1. The standard InChI is InChI=1S/C21H25N3O.ClH/c1-21(2,3)16-9-5-7-11-19(16)24-20(25)17(22)12-14-13-23-18-10-6-4-8-15(14)18;/h4-11,13,17,23H,12,22H2,1-3H3,(H,24,25);1H/t17-;/m0./s1. The number of anilines is 1. The van der Waals surface area contributed by atoms with Crippen molar-refractivity contribution >= 4 is 34.9 Å². The highest BCUT2D eigenvalue weighted by atomic mass is 35.5. The minimum atomic E-state index is -0.604. The van der Waals surface area contributed by atoms with E-state index >= 15 is 0 Å². The van der Waals surface area contributed by atoms with Crippen molar-refractivity contribution in [3.63, 3.8) is 0 Å². The fourth-order valence-corrected chi connectivity index (χ4v) is 3.10. The summed E-state index contributed by atoms with van der Waals surface area (Å²) in [7, 11) is 0. The van der Waals surface area contributed by atoms with Crippen LogP contribution in [0.25, 0.3) is 10.9 Å². The van der Waals surface area contributed by atoms with Gasteiger partial charge in [0.2, 0.25) is 5.91 Å². The Morgan fingerprint density at radius 2 is 1.77 bits per heavy atom. The zero-order chi connectivity index (χ0) is 18.0. The predicted molar refractivity (Wildman–Crippen MR) is 111 cm³/mol. The minimum Gasteiger partial charge on any atom is -0.361 e. The third-order valence-corrected chi connectivity index (χ3v) is 4.44. The number of H-pyrrole nitrogens is 1. The first kappa shape index (κ1) is 20.0. The van der Waals surface area contributed by atoms with E-state index in [0.717, 1.165) is 27.7 Å². The van der Waals surface area contributed by atoms with Crippen molar-refractivity contribution in [1.82, 2.24) is 4.98 Å². The number of halogens is 1. The van der Waals surface area contributed by atoms with Gasteiger partial charge in [-0.15, -0.1) is 12.4 Å². The van der Waals surface area contributed by atoms with Gasteiger partial charge in [-0.1, -0.05) is 57.2 Å². The van der Waals surface area contributed by atoms with E-state index in [4.69, 9.17) is 5.73 Å². The first-order chi connectivity index (χ1) is 11.9. The highest BCUT2D eigenvalue weighted by Crippen LogP contribution is 2.29. The van der Waals surface area contributed by atoms with E-state index in [-0.39, 0.29) is 23.7 Å². The second-order valence-corrected chi connectivity index (χ2v) is 7.45. The predicted octanol–water partition coefficient (Wildman–Crippen LogP) is 4.40. The molecule has 0 saturated carbocycles. The number of aromatic amines is 1. The molecule has 3 aromatic rings. The molecule has 0 aliphatic rings. The quantitative estimate of drug-likeness (QED) is 0.636. The summed E-state index contributed by atoms with van der Waals surface area (Å²) >= 11 is 0. The Bertz CT molecular complexity index is 895. The molecule has 1 amide bonds. The number of aromatic nitrogens is 1. The molecule has 1 atom stereocenters. The molecule has 4 nitrogen and oxygen atoms in total. The fourth-order valence-electron chi connectivity index (χ4n) is 3.10. The zero-order valence-electron chi connectivity index (χ0n) is 15.4. The van der Waals surface area contributed by atoms with Gasteiger partial charge in [0.05, 0.1) is 6.04 Å². The lowest BCUT2D eigenvalue weighted by Gasteiger charge is -2.23. The number of hydrogen-bond acceptors (Lipinski definition) is 2. The molecule has 0 aliphatic heterocycles. The van der Waals surface area contributed by atoms with Crippen molar-refractivity contribution in [3.05, 3.63) is 65.9 Å². The van der Waals surface area contributed by atoms with Crippen LogP contribution in [0, 0.1) is 0 Å². The molecule has 0 aliphatic carbocycles. The molecule has 0 saturated heterocycles. The van der Waals surface area contributed by atoms with Gasteiger partial charge in [-0.2, -0.15) is 0 Å². The molecular formula is C21H26ClN3O. The molecule has 3 rings (SSSR count). The molecular weight excluding hydrogens is 346 g/mol. The monoisotopic (exact) mass is 371 g/mol. The van der Waals surface area contributed by atoms with E-state index in [1.54, 1.807) is 0 Å². The van der Waals surface area contributed by atoms with Gasteiger partial charge >= 0.3 is 0 Å². The van der Waals surface area contributed by atoms with Gasteiger partial charge in [0.25, 0.3) is 0 Å². The maximum absolute atomic E-state index is 12.6. The maximum Gasteiger partial charge on any atom is 0.241 e. The van der Waals surface area contributed by atoms with Gasteiger partial charge in [0, 0.05) is 22.8 Å². The third-order valence-electron chi connectivity index (χ3n) is 4.44. The van der Waals surface area contributed by atoms with Crippen LogP contribution in [-0.2, 0) is 16.6 Å². The van der Waals surface area contributed by atoms with Crippen molar-refractivity contribution < 1.29 is 4.79 Å². The van der Waals surface area contributed by atoms with Gasteiger partial charge in [0.1, 0.15) is 0 Å². The number of benzene rings is 2. The fraction of sp³-hybridized carbons (Fsp3) is 0.286. The van der Waals surface area contributed by atoms with Crippen LogP contribution in [0.4, 0.5) is 5.69 Å². The molecule has 0 unspecified atom stereocenters. The van der Waals surface area contributed by atoms with Crippen LogP contribution in [0.1, 0.15) is 31.9 Å². The number of rotatable bonds is 4. The molecule has 5 heteroatoms. The lowest BCUT2D eigenvalue weighted by molar-refractivity contribution is -0.117. The number of hydrogen-bond donors (Lipinski definition) is 3. The highest BCUT2D eigenvalue weighted by molar-refractivity contribution is 5.96. The Morgan fingerprint density at radius 1 is 1.12 bits per heavy atom. The number of nitrogens with two attached hydrogens (primary N) is 1. The van der Waals surface area contributed by atoms with Crippen molar-refractivity contribution in [2.24, 2.45) is 5.73 Å². The van der Waals surface area contributed by atoms with E-state index in [9.17, 15) is 4.79 Å². The van der Waals surface area contributed by atoms with Gasteiger partial charge in [0.15, 0.2) is 0 Å². The van der Waals surface area contributed by atoms with Gasteiger partial charge in [-0.25, -0.2) is 0 Å². The summed E-state index contributed by atoms with van der Waals surface area (Å²) < 4.78 is 0.